The maximum absolute atomic E-state index is 6.39. The lowest BCUT2D eigenvalue weighted by Gasteiger charge is -2.33. The molecular weight excluding hydrogens is 330 g/mol. The highest BCUT2D eigenvalue weighted by Gasteiger charge is 2.37. The van der Waals surface area contributed by atoms with E-state index in [1.165, 1.54) is 16.5 Å². The minimum Gasteiger partial charge on any atom is -0.374 e. The summed E-state index contributed by atoms with van der Waals surface area (Å²) in [6.45, 7) is 6.09. The first-order chi connectivity index (χ1) is 12.1. The lowest BCUT2D eigenvalue weighted by molar-refractivity contribution is 0.539. The highest BCUT2D eigenvalue weighted by atomic mass is 35.5. The summed E-state index contributed by atoms with van der Waals surface area (Å²) in [5.74, 6) is 0. The normalized spacial score (nSPS) is 20.1. The zero-order valence-corrected chi connectivity index (χ0v) is 15.3. The van der Waals surface area contributed by atoms with Gasteiger partial charge in [-0.15, -0.1) is 0 Å². The van der Waals surface area contributed by atoms with Gasteiger partial charge in [0, 0.05) is 28.8 Å². The van der Waals surface area contributed by atoms with Crippen LogP contribution < -0.4 is 10.6 Å². The Labute approximate surface area is 153 Å². The summed E-state index contributed by atoms with van der Waals surface area (Å²) in [5.41, 5.74) is 5.63. The van der Waals surface area contributed by atoms with Gasteiger partial charge < -0.3 is 10.6 Å². The first-order valence-corrected chi connectivity index (χ1v) is 9.07. The van der Waals surface area contributed by atoms with Crippen LogP contribution in [0.5, 0.6) is 0 Å². The van der Waals surface area contributed by atoms with E-state index in [9.17, 15) is 0 Å². The summed E-state index contributed by atoms with van der Waals surface area (Å²) < 4.78 is 0. The second-order valence-corrected chi connectivity index (χ2v) is 7.31. The molecule has 0 bridgehead atoms. The number of anilines is 1. The molecule has 0 unspecified atom stereocenters. The van der Waals surface area contributed by atoms with Gasteiger partial charge in [0.25, 0.3) is 0 Å². The predicted molar refractivity (Wildman–Crippen MR) is 105 cm³/mol. The number of pyridine rings is 1. The molecule has 4 heteroatoms. The van der Waals surface area contributed by atoms with Crippen LogP contribution in [0.4, 0.5) is 5.69 Å². The van der Waals surface area contributed by atoms with E-state index >= 15 is 0 Å². The van der Waals surface area contributed by atoms with Gasteiger partial charge >= 0.3 is 0 Å². The number of aryl methyl sites for hydroxylation is 1. The molecular formula is C21H22ClN3. The van der Waals surface area contributed by atoms with Crippen molar-refractivity contribution in [3.05, 3.63) is 70.4 Å². The quantitative estimate of drug-likeness (QED) is 0.711. The van der Waals surface area contributed by atoms with Crippen molar-refractivity contribution in [3.8, 4) is 0 Å². The number of aromatic nitrogens is 1. The van der Waals surface area contributed by atoms with Crippen molar-refractivity contribution in [1.82, 2.24) is 10.3 Å². The van der Waals surface area contributed by atoms with E-state index in [4.69, 9.17) is 11.6 Å². The number of nitrogens with one attached hydrogen (secondary N) is 2. The van der Waals surface area contributed by atoms with Crippen LogP contribution in [0.25, 0.3) is 10.9 Å². The van der Waals surface area contributed by atoms with E-state index in [2.05, 4.69) is 53.7 Å². The maximum Gasteiger partial charge on any atom is 0.0764 e. The molecule has 2 heterocycles. The lowest BCUT2D eigenvalue weighted by atomic mass is 9.85. The molecule has 1 saturated heterocycles. The van der Waals surface area contributed by atoms with Gasteiger partial charge in [0.05, 0.1) is 11.1 Å². The number of rotatable bonds is 3. The Bertz CT molecular complexity index is 930. The summed E-state index contributed by atoms with van der Waals surface area (Å²) in [7, 11) is 0. The fourth-order valence-corrected chi connectivity index (χ4v) is 4.04. The Morgan fingerprint density at radius 2 is 2.04 bits per heavy atom. The van der Waals surface area contributed by atoms with Gasteiger partial charge in [-0.05, 0) is 67.8 Å². The molecule has 0 radical (unpaired) electrons. The Balaban J connectivity index is 1.77. The van der Waals surface area contributed by atoms with E-state index in [0.29, 0.717) is 0 Å². The van der Waals surface area contributed by atoms with Crippen LogP contribution >= 0.6 is 11.6 Å². The topological polar surface area (TPSA) is 37.0 Å². The van der Waals surface area contributed by atoms with Crippen LogP contribution in [-0.4, -0.2) is 18.1 Å². The number of halogens is 1. The number of nitrogens with zero attached hydrogens (tertiary/aromatic N) is 1. The molecule has 4 rings (SSSR count). The molecule has 0 saturated carbocycles. The predicted octanol–water partition coefficient (Wildman–Crippen LogP) is 4.81. The summed E-state index contributed by atoms with van der Waals surface area (Å²) in [6, 6.07) is 14.7. The third-order valence-electron chi connectivity index (χ3n) is 5.28. The number of fused-ring (bicyclic) bond motifs is 1. The fourth-order valence-electron chi connectivity index (χ4n) is 3.87. The van der Waals surface area contributed by atoms with Crippen LogP contribution in [0, 0.1) is 13.8 Å². The lowest BCUT2D eigenvalue weighted by Crippen LogP contribution is -2.38. The van der Waals surface area contributed by atoms with Crippen LogP contribution in [-0.2, 0) is 5.54 Å². The zero-order valence-electron chi connectivity index (χ0n) is 14.6. The standard InChI is InChI=1S/C21H22ClN3/c1-14-8-10-24-20-12-16(6-7-17(14)20)25-21(9-11-23-13-21)18-4-3-5-19(22)15(18)2/h3-8,10,12,23,25H,9,11,13H2,1-2H3/t21-/m1/s1. The SMILES string of the molecule is Cc1c(Cl)cccc1[C@@]1(Nc2ccc3c(C)ccnc3c2)CCNC1. The molecule has 1 atom stereocenters. The minimum atomic E-state index is -0.146. The Kier molecular flexibility index (Phi) is 4.14. The van der Waals surface area contributed by atoms with Gasteiger partial charge in [0.1, 0.15) is 0 Å². The van der Waals surface area contributed by atoms with Gasteiger partial charge in [-0.1, -0.05) is 29.8 Å². The van der Waals surface area contributed by atoms with Gasteiger partial charge in [0.2, 0.25) is 0 Å². The molecule has 0 spiro atoms. The van der Waals surface area contributed by atoms with E-state index < -0.39 is 0 Å². The second-order valence-electron chi connectivity index (χ2n) is 6.91. The summed E-state index contributed by atoms with van der Waals surface area (Å²) in [6.07, 6.45) is 2.89. The third kappa shape index (κ3) is 2.88. The van der Waals surface area contributed by atoms with Crippen molar-refractivity contribution in [1.29, 1.82) is 0 Å². The molecule has 1 aliphatic rings. The molecule has 128 valence electrons. The van der Waals surface area contributed by atoms with Crippen LogP contribution in [0.15, 0.2) is 48.7 Å². The Morgan fingerprint density at radius 1 is 1.16 bits per heavy atom. The van der Waals surface area contributed by atoms with Crippen molar-refractivity contribution in [2.45, 2.75) is 25.8 Å². The van der Waals surface area contributed by atoms with Gasteiger partial charge in [0.15, 0.2) is 0 Å². The van der Waals surface area contributed by atoms with Gasteiger partial charge in [-0.2, -0.15) is 0 Å². The second kappa shape index (κ2) is 6.32. The van der Waals surface area contributed by atoms with Crippen molar-refractivity contribution < 1.29 is 0 Å². The molecule has 3 nitrogen and oxygen atoms in total. The molecule has 0 amide bonds. The number of benzene rings is 2. The molecule has 2 aromatic carbocycles. The number of hydrogen-bond donors (Lipinski definition) is 2. The third-order valence-corrected chi connectivity index (χ3v) is 5.69. The molecule has 3 aromatic rings. The zero-order chi connectivity index (χ0) is 17.4. The highest BCUT2D eigenvalue weighted by Crippen LogP contribution is 2.36. The Morgan fingerprint density at radius 3 is 2.84 bits per heavy atom. The van der Waals surface area contributed by atoms with Crippen molar-refractivity contribution in [3.63, 3.8) is 0 Å². The van der Waals surface area contributed by atoms with E-state index in [0.717, 1.165) is 41.3 Å². The largest absolute Gasteiger partial charge is 0.374 e. The van der Waals surface area contributed by atoms with E-state index in [1.807, 2.05) is 24.4 Å². The molecule has 25 heavy (non-hydrogen) atoms. The van der Waals surface area contributed by atoms with Crippen LogP contribution in [0.3, 0.4) is 0 Å². The van der Waals surface area contributed by atoms with Crippen LogP contribution in [0.1, 0.15) is 23.1 Å². The van der Waals surface area contributed by atoms with Gasteiger partial charge in [-0.25, -0.2) is 0 Å². The maximum atomic E-state index is 6.39. The minimum absolute atomic E-state index is 0.146. The average Bonchev–Trinajstić information content (AvgIpc) is 3.07. The highest BCUT2D eigenvalue weighted by molar-refractivity contribution is 6.31. The fraction of sp³-hybridized carbons (Fsp3) is 0.286. The van der Waals surface area contributed by atoms with Crippen molar-refractivity contribution >= 4 is 28.2 Å². The molecule has 1 aromatic heterocycles. The van der Waals surface area contributed by atoms with Gasteiger partial charge in [-0.3, -0.25) is 4.98 Å². The molecule has 1 fully saturated rings. The summed E-state index contributed by atoms with van der Waals surface area (Å²) in [5, 5.41) is 9.31. The van der Waals surface area contributed by atoms with Crippen LogP contribution in [0.2, 0.25) is 5.02 Å². The average molecular weight is 352 g/mol. The molecule has 2 N–H and O–H groups in total. The molecule has 0 aliphatic carbocycles. The Hall–Kier alpha value is -2.10. The summed E-state index contributed by atoms with van der Waals surface area (Å²) >= 11 is 6.39. The smallest absolute Gasteiger partial charge is 0.0764 e. The van der Waals surface area contributed by atoms with Crippen molar-refractivity contribution in [2.24, 2.45) is 0 Å². The summed E-state index contributed by atoms with van der Waals surface area (Å²) in [4.78, 5) is 4.53. The van der Waals surface area contributed by atoms with Crippen molar-refractivity contribution in [2.75, 3.05) is 18.4 Å². The number of hydrogen-bond acceptors (Lipinski definition) is 3. The first kappa shape index (κ1) is 16.4. The van der Waals surface area contributed by atoms with E-state index in [1.54, 1.807) is 0 Å². The molecule has 1 aliphatic heterocycles. The van der Waals surface area contributed by atoms with E-state index in [-0.39, 0.29) is 5.54 Å². The first-order valence-electron chi connectivity index (χ1n) is 8.69. The monoisotopic (exact) mass is 351 g/mol.